The molecule has 156 valence electrons. The molecule has 0 spiro atoms. The van der Waals surface area contributed by atoms with E-state index in [2.05, 4.69) is 21.2 Å². The molecule has 0 aliphatic rings. The summed E-state index contributed by atoms with van der Waals surface area (Å²) in [6.07, 6.45) is 0.855. The van der Waals surface area contributed by atoms with Gasteiger partial charge in [0.25, 0.3) is 0 Å². The highest BCUT2D eigenvalue weighted by Crippen LogP contribution is 2.17. The van der Waals surface area contributed by atoms with Crippen molar-refractivity contribution in [3.05, 3.63) is 63.6 Å². The Labute approximate surface area is 185 Å². The molecule has 0 aliphatic heterocycles. The molecule has 29 heavy (non-hydrogen) atoms. The molecule has 0 aliphatic carbocycles. The van der Waals surface area contributed by atoms with Crippen molar-refractivity contribution in [3.8, 4) is 5.75 Å². The Bertz CT molecular complexity index is 797. The van der Waals surface area contributed by atoms with E-state index in [-0.39, 0.29) is 11.8 Å². The second-order valence-corrected chi connectivity index (χ2v) is 7.98. The molecule has 2 aromatic carbocycles. The van der Waals surface area contributed by atoms with Gasteiger partial charge in [-0.3, -0.25) is 9.59 Å². The fourth-order valence-corrected chi connectivity index (χ4v) is 3.17. The first-order valence-electron chi connectivity index (χ1n) is 9.60. The molecule has 0 aromatic heterocycles. The number of carbonyl (C=O) groups excluding carboxylic acids is 2. The first-order valence-corrected chi connectivity index (χ1v) is 10.8. The average Bonchev–Trinajstić information content (AvgIpc) is 2.71. The maximum absolute atomic E-state index is 12.9. The summed E-state index contributed by atoms with van der Waals surface area (Å²) in [7, 11) is 0. The van der Waals surface area contributed by atoms with Gasteiger partial charge in [-0.1, -0.05) is 39.7 Å². The summed E-state index contributed by atoms with van der Waals surface area (Å²) < 4.78 is 6.62. The van der Waals surface area contributed by atoms with Crippen LogP contribution in [0.5, 0.6) is 5.75 Å². The van der Waals surface area contributed by atoms with Crippen molar-refractivity contribution in [2.75, 3.05) is 13.2 Å². The Hall–Kier alpha value is -2.05. The Morgan fingerprint density at radius 2 is 1.79 bits per heavy atom. The van der Waals surface area contributed by atoms with Gasteiger partial charge in [-0.15, -0.1) is 0 Å². The SMILES string of the molecule is CCNC(=O)C(C)N(Cc1ccc(Br)cc1)C(=O)CCCOc1ccc(Cl)cc1. The van der Waals surface area contributed by atoms with Crippen LogP contribution in [0.3, 0.4) is 0 Å². The van der Waals surface area contributed by atoms with Crippen LogP contribution in [0.4, 0.5) is 0 Å². The molecule has 0 fully saturated rings. The van der Waals surface area contributed by atoms with Crippen LogP contribution >= 0.6 is 27.5 Å². The molecule has 2 rings (SSSR count). The molecule has 7 heteroatoms. The van der Waals surface area contributed by atoms with E-state index in [1.54, 1.807) is 36.1 Å². The highest BCUT2D eigenvalue weighted by molar-refractivity contribution is 9.10. The molecule has 1 atom stereocenters. The summed E-state index contributed by atoms with van der Waals surface area (Å²) in [5.74, 6) is 0.478. The van der Waals surface area contributed by atoms with Gasteiger partial charge in [0.2, 0.25) is 11.8 Å². The summed E-state index contributed by atoms with van der Waals surface area (Å²) in [6, 6.07) is 14.3. The van der Waals surface area contributed by atoms with Crippen molar-refractivity contribution in [1.29, 1.82) is 0 Å². The number of nitrogens with zero attached hydrogens (tertiary/aromatic N) is 1. The molecular weight excluding hydrogens is 456 g/mol. The Morgan fingerprint density at radius 3 is 2.41 bits per heavy atom. The smallest absolute Gasteiger partial charge is 0.242 e. The number of benzene rings is 2. The van der Waals surface area contributed by atoms with E-state index in [0.29, 0.717) is 43.3 Å². The van der Waals surface area contributed by atoms with Crippen LogP contribution < -0.4 is 10.1 Å². The number of amides is 2. The van der Waals surface area contributed by atoms with Crippen LogP contribution in [0.25, 0.3) is 0 Å². The number of carbonyl (C=O) groups is 2. The minimum absolute atomic E-state index is 0.0774. The third kappa shape index (κ3) is 7.71. The molecular formula is C22H26BrClN2O3. The van der Waals surface area contributed by atoms with Crippen molar-refractivity contribution in [2.45, 2.75) is 39.3 Å². The Balaban J connectivity index is 1.96. The minimum Gasteiger partial charge on any atom is -0.494 e. The summed E-state index contributed by atoms with van der Waals surface area (Å²) in [6.45, 7) is 4.93. The fraction of sp³-hybridized carbons (Fsp3) is 0.364. The van der Waals surface area contributed by atoms with E-state index in [1.807, 2.05) is 31.2 Å². The number of halogens is 2. The molecule has 0 saturated heterocycles. The normalized spacial score (nSPS) is 11.6. The van der Waals surface area contributed by atoms with Gasteiger partial charge in [-0.05, 0) is 62.2 Å². The lowest BCUT2D eigenvalue weighted by atomic mass is 10.1. The van der Waals surface area contributed by atoms with Crippen LogP contribution in [-0.4, -0.2) is 35.9 Å². The fourth-order valence-electron chi connectivity index (χ4n) is 2.78. The molecule has 0 bridgehead atoms. The van der Waals surface area contributed by atoms with Crippen molar-refractivity contribution in [1.82, 2.24) is 10.2 Å². The van der Waals surface area contributed by atoms with E-state index < -0.39 is 6.04 Å². The van der Waals surface area contributed by atoms with Crippen LogP contribution in [0.15, 0.2) is 53.0 Å². The van der Waals surface area contributed by atoms with Gasteiger partial charge in [0, 0.05) is 29.0 Å². The molecule has 0 saturated carbocycles. The predicted octanol–water partition coefficient (Wildman–Crippen LogP) is 4.81. The number of likely N-dealkylation sites (N-methyl/N-ethyl adjacent to an activating group) is 1. The topological polar surface area (TPSA) is 58.6 Å². The number of hydrogen-bond acceptors (Lipinski definition) is 3. The molecule has 1 N–H and O–H groups in total. The van der Waals surface area contributed by atoms with Crippen LogP contribution in [0.1, 0.15) is 32.3 Å². The first-order chi connectivity index (χ1) is 13.9. The third-order valence-corrected chi connectivity index (χ3v) is 5.18. The van der Waals surface area contributed by atoms with E-state index in [4.69, 9.17) is 16.3 Å². The average molecular weight is 482 g/mol. The largest absolute Gasteiger partial charge is 0.494 e. The summed E-state index contributed by atoms with van der Waals surface area (Å²) in [4.78, 5) is 26.8. The summed E-state index contributed by atoms with van der Waals surface area (Å²) in [5, 5.41) is 3.44. The van der Waals surface area contributed by atoms with Crippen LogP contribution in [0.2, 0.25) is 5.02 Å². The van der Waals surface area contributed by atoms with Gasteiger partial charge < -0.3 is 15.0 Å². The van der Waals surface area contributed by atoms with Gasteiger partial charge in [0.15, 0.2) is 0 Å². The van der Waals surface area contributed by atoms with Gasteiger partial charge in [-0.2, -0.15) is 0 Å². The second kappa shape index (κ2) is 11.8. The van der Waals surface area contributed by atoms with Crippen molar-refractivity contribution >= 4 is 39.3 Å². The number of rotatable bonds is 10. The van der Waals surface area contributed by atoms with Gasteiger partial charge >= 0.3 is 0 Å². The molecule has 0 radical (unpaired) electrons. The van der Waals surface area contributed by atoms with Crippen LogP contribution in [0, 0.1) is 0 Å². The van der Waals surface area contributed by atoms with Crippen molar-refractivity contribution < 1.29 is 14.3 Å². The lowest BCUT2D eigenvalue weighted by Gasteiger charge is -2.28. The number of hydrogen-bond donors (Lipinski definition) is 1. The van der Waals surface area contributed by atoms with Gasteiger partial charge in [-0.25, -0.2) is 0 Å². The monoisotopic (exact) mass is 480 g/mol. The first kappa shape index (κ1) is 23.2. The zero-order chi connectivity index (χ0) is 21.2. The lowest BCUT2D eigenvalue weighted by Crippen LogP contribution is -2.47. The van der Waals surface area contributed by atoms with E-state index in [9.17, 15) is 9.59 Å². The van der Waals surface area contributed by atoms with E-state index >= 15 is 0 Å². The highest BCUT2D eigenvalue weighted by Gasteiger charge is 2.25. The maximum Gasteiger partial charge on any atom is 0.242 e. The number of nitrogens with one attached hydrogen (secondary N) is 1. The van der Waals surface area contributed by atoms with E-state index in [1.165, 1.54) is 0 Å². The van der Waals surface area contributed by atoms with Crippen LogP contribution in [-0.2, 0) is 16.1 Å². The van der Waals surface area contributed by atoms with Crippen molar-refractivity contribution in [3.63, 3.8) is 0 Å². The Kier molecular flexibility index (Phi) is 9.48. The molecule has 0 heterocycles. The third-order valence-electron chi connectivity index (χ3n) is 4.40. The molecule has 5 nitrogen and oxygen atoms in total. The minimum atomic E-state index is -0.553. The molecule has 2 amide bonds. The van der Waals surface area contributed by atoms with E-state index in [0.717, 1.165) is 10.0 Å². The second-order valence-electron chi connectivity index (χ2n) is 6.62. The summed E-state index contributed by atoms with van der Waals surface area (Å²) in [5.41, 5.74) is 0.968. The zero-order valence-electron chi connectivity index (χ0n) is 16.7. The quantitative estimate of drug-likeness (QED) is 0.495. The predicted molar refractivity (Wildman–Crippen MR) is 119 cm³/mol. The van der Waals surface area contributed by atoms with Gasteiger partial charge in [0.1, 0.15) is 11.8 Å². The number of ether oxygens (including phenoxy) is 1. The van der Waals surface area contributed by atoms with Crippen molar-refractivity contribution in [2.24, 2.45) is 0 Å². The molecule has 1 unspecified atom stereocenters. The Morgan fingerprint density at radius 1 is 1.14 bits per heavy atom. The summed E-state index contributed by atoms with van der Waals surface area (Å²) >= 11 is 9.27. The maximum atomic E-state index is 12.9. The van der Waals surface area contributed by atoms with Gasteiger partial charge in [0.05, 0.1) is 6.61 Å². The lowest BCUT2D eigenvalue weighted by molar-refractivity contribution is -0.140. The molecule has 2 aromatic rings. The highest BCUT2D eigenvalue weighted by atomic mass is 79.9. The standard InChI is InChI=1S/C22H26BrClN2O3/c1-3-25-22(28)16(2)26(15-17-6-8-18(23)9-7-17)21(27)5-4-14-29-20-12-10-19(24)11-13-20/h6-13,16H,3-5,14-15H2,1-2H3,(H,25,28). The zero-order valence-corrected chi connectivity index (χ0v) is 19.0.